The second-order valence-electron chi connectivity index (χ2n) is 3.98. The zero-order valence-electron chi connectivity index (χ0n) is 8.11. The molecule has 2 rings (SSSR count). The van der Waals surface area contributed by atoms with E-state index in [0.717, 1.165) is 12.5 Å². The Bertz CT molecular complexity index is 258. The lowest BCUT2D eigenvalue weighted by Gasteiger charge is -2.14. The molecule has 0 saturated carbocycles. The van der Waals surface area contributed by atoms with Crippen LogP contribution in [0.1, 0.15) is 18.9 Å². The van der Waals surface area contributed by atoms with Gasteiger partial charge in [0.2, 0.25) is 0 Å². The number of hydrogen-bond acceptors (Lipinski definition) is 2. The molecule has 0 N–H and O–H groups in total. The first-order valence-corrected chi connectivity index (χ1v) is 4.96. The summed E-state index contributed by atoms with van der Waals surface area (Å²) in [6, 6.07) is 4.20. The Morgan fingerprint density at radius 2 is 2.23 bits per heavy atom. The Hall–Kier alpha value is -0.890. The molecule has 1 fully saturated rings. The first-order valence-electron chi connectivity index (χ1n) is 4.96. The fourth-order valence-corrected chi connectivity index (χ4v) is 1.92. The monoisotopic (exact) mass is 176 g/mol. The molecule has 2 nitrogen and oxygen atoms in total. The summed E-state index contributed by atoms with van der Waals surface area (Å²) in [5.74, 6) is 0.877. The van der Waals surface area contributed by atoms with Crippen molar-refractivity contribution in [3.63, 3.8) is 0 Å². The summed E-state index contributed by atoms with van der Waals surface area (Å²) in [5.41, 5.74) is 1.38. The summed E-state index contributed by atoms with van der Waals surface area (Å²) in [5, 5.41) is 0. The SMILES string of the molecule is CC1CCN(Cc2ccncc2)C1. The van der Waals surface area contributed by atoms with Crippen LogP contribution < -0.4 is 0 Å². The average Bonchev–Trinajstić information content (AvgIpc) is 2.53. The van der Waals surface area contributed by atoms with Crippen LogP contribution in [-0.4, -0.2) is 23.0 Å². The second-order valence-corrected chi connectivity index (χ2v) is 3.98. The molecular weight excluding hydrogens is 160 g/mol. The van der Waals surface area contributed by atoms with Crippen molar-refractivity contribution in [2.75, 3.05) is 13.1 Å². The van der Waals surface area contributed by atoms with Gasteiger partial charge in [-0.2, -0.15) is 0 Å². The van der Waals surface area contributed by atoms with E-state index in [9.17, 15) is 0 Å². The summed E-state index contributed by atoms with van der Waals surface area (Å²) >= 11 is 0. The molecule has 0 amide bonds. The molecule has 1 aromatic rings. The fraction of sp³-hybridized carbons (Fsp3) is 0.545. The van der Waals surface area contributed by atoms with Gasteiger partial charge in [-0.1, -0.05) is 6.92 Å². The number of aromatic nitrogens is 1. The minimum atomic E-state index is 0.877. The van der Waals surface area contributed by atoms with Crippen LogP contribution >= 0.6 is 0 Å². The van der Waals surface area contributed by atoms with Crippen molar-refractivity contribution in [2.24, 2.45) is 5.92 Å². The maximum Gasteiger partial charge on any atom is 0.0271 e. The Labute approximate surface area is 79.6 Å². The maximum absolute atomic E-state index is 4.02. The standard InChI is InChI=1S/C11H16N2/c1-10-4-7-13(8-10)9-11-2-5-12-6-3-11/h2-3,5-6,10H,4,7-9H2,1H3. The van der Waals surface area contributed by atoms with E-state index in [1.165, 1.54) is 25.1 Å². The molecule has 1 aliphatic heterocycles. The van der Waals surface area contributed by atoms with E-state index >= 15 is 0 Å². The van der Waals surface area contributed by atoms with Gasteiger partial charge in [0, 0.05) is 25.5 Å². The zero-order valence-corrected chi connectivity index (χ0v) is 8.11. The van der Waals surface area contributed by atoms with Gasteiger partial charge < -0.3 is 0 Å². The number of likely N-dealkylation sites (tertiary alicyclic amines) is 1. The lowest BCUT2D eigenvalue weighted by atomic mass is 10.2. The predicted octanol–water partition coefficient (Wildman–Crippen LogP) is 1.92. The van der Waals surface area contributed by atoms with Crippen molar-refractivity contribution in [2.45, 2.75) is 19.9 Å². The summed E-state index contributed by atoms with van der Waals surface area (Å²) in [7, 11) is 0. The molecule has 2 heteroatoms. The molecule has 0 radical (unpaired) electrons. The summed E-state index contributed by atoms with van der Waals surface area (Å²) < 4.78 is 0. The fourth-order valence-electron chi connectivity index (χ4n) is 1.92. The van der Waals surface area contributed by atoms with Crippen LogP contribution in [0.2, 0.25) is 0 Å². The van der Waals surface area contributed by atoms with Gasteiger partial charge in [0.15, 0.2) is 0 Å². The molecule has 13 heavy (non-hydrogen) atoms. The maximum atomic E-state index is 4.02. The third-order valence-electron chi connectivity index (χ3n) is 2.66. The van der Waals surface area contributed by atoms with E-state index in [4.69, 9.17) is 0 Å². The van der Waals surface area contributed by atoms with Gasteiger partial charge in [0.25, 0.3) is 0 Å². The van der Waals surface area contributed by atoms with Crippen LogP contribution in [0, 0.1) is 5.92 Å². The lowest BCUT2D eigenvalue weighted by Crippen LogP contribution is -2.19. The van der Waals surface area contributed by atoms with Crippen LogP contribution in [0.15, 0.2) is 24.5 Å². The molecule has 1 aromatic heterocycles. The van der Waals surface area contributed by atoms with E-state index in [2.05, 4.69) is 28.9 Å². The van der Waals surface area contributed by atoms with Gasteiger partial charge in [-0.15, -0.1) is 0 Å². The van der Waals surface area contributed by atoms with Crippen molar-refractivity contribution < 1.29 is 0 Å². The van der Waals surface area contributed by atoms with Gasteiger partial charge >= 0.3 is 0 Å². The zero-order chi connectivity index (χ0) is 9.10. The Morgan fingerprint density at radius 3 is 2.85 bits per heavy atom. The Kier molecular flexibility index (Phi) is 2.60. The van der Waals surface area contributed by atoms with Crippen LogP contribution in [0.25, 0.3) is 0 Å². The van der Waals surface area contributed by atoms with E-state index < -0.39 is 0 Å². The molecule has 0 spiro atoms. The van der Waals surface area contributed by atoms with Gasteiger partial charge in [0.1, 0.15) is 0 Å². The van der Waals surface area contributed by atoms with Crippen molar-refractivity contribution >= 4 is 0 Å². The number of pyridine rings is 1. The van der Waals surface area contributed by atoms with Crippen molar-refractivity contribution in [3.05, 3.63) is 30.1 Å². The van der Waals surface area contributed by atoms with Gasteiger partial charge in [-0.3, -0.25) is 9.88 Å². The molecule has 70 valence electrons. The second kappa shape index (κ2) is 3.88. The summed E-state index contributed by atoms with van der Waals surface area (Å²) in [6.07, 6.45) is 5.09. The topological polar surface area (TPSA) is 16.1 Å². The molecule has 1 saturated heterocycles. The van der Waals surface area contributed by atoms with E-state index in [0.29, 0.717) is 0 Å². The quantitative estimate of drug-likeness (QED) is 0.684. The highest BCUT2D eigenvalue weighted by Crippen LogP contribution is 2.17. The highest BCUT2D eigenvalue weighted by molar-refractivity contribution is 5.09. The molecule has 1 unspecified atom stereocenters. The van der Waals surface area contributed by atoms with E-state index in [1.54, 1.807) is 0 Å². The molecule has 1 aliphatic rings. The van der Waals surface area contributed by atoms with Crippen molar-refractivity contribution in [3.8, 4) is 0 Å². The predicted molar refractivity (Wildman–Crippen MR) is 53.3 cm³/mol. The Balaban J connectivity index is 1.92. The molecule has 0 aliphatic carbocycles. The van der Waals surface area contributed by atoms with Crippen LogP contribution in [0.5, 0.6) is 0 Å². The number of nitrogens with zero attached hydrogens (tertiary/aromatic N) is 2. The van der Waals surface area contributed by atoms with Gasteiger partial charge in [-0.05, 0) is 36.6 Å². The van der Waals surface area contributed by atoms with Gasteiger partial charge in [-0.25, -0.2) is 0 Å². The highest BCUT2D eigenvalue weighted by Gasteiger charge is 2.17. The lowest BCUT2D eigenvalue weighted by molar-refractivity contribution is 0.320. The number of hydrogen-bond donors (Lipinski definition) is 0. The minimum Gasteiger partial charge on any atom is -0.299 e. The smallest absolute Gasteiger partial charge is 0.0271 e. The number of rotatable bonds is 2. The molecular formula is C11H16N2. The molecule has 0 aromatic carbocycles. The van der Waals surface area contributed by atoms with Crippen LogP contribution in [0.3, 0.4) is 0 Å². The summed E-state index contributed by atoms with van der Waals surface area (Å²) in [4.78, 5) is 6.53. The third-order valence-corrected chi connectivity index (χ3v) is 2.66. The Morgan fingerprint density at radius 1 is 1.46 bits per heavy atom. The highest BCUT2D eigenvalue weighted by atomic mass is 15.1. The van der Waals surface area contributed by atoms with E-state index in [1.807, 2.05) is 12.4 Å². The molecule has 2 heterocycles. The van der Waals surface area contributed by atoms with Crippen molar-refractivity contribution in [1.82, 2.24) is 9.88 Å². The largest absolute Gasteiger partial charge is 0.299 e. The first-order chi connectivity index (χ1) is 6.34. The van der Waals surface area contributed by atoms with Gasteiger partial charge in [0.05, 0.1) is 0 Å². The minimum absolute atomic E-state index is 0.877. The normalized spacial score (nSPS) is 23.6. The van der Waals surface area contributed by atoms with Crippen LogP contribution in [0.4, 0.5) is 0 Å². The molecule has 0 bridgehead atoms. The van der Waals surface area contributed by atoms with E-state index in [-0.39, 0.29) is 0 Å². The third kappa shape index (κ3) is 2.28. The molecule has 1 atom stereocenters. The first kappa shape index (κ1) is 8.70. The van der Waals surface area contributed by atoms with Crippen molar-refractivity contribution in [1.29, 1.82) is 0 Å². The summed E-state index contributed by atoms with van der Waals surface area (Å²) in [6.45, 7) is 5.92. The van der Waals surface area contributed by atoms with Crippen LogP contribution in [-0.2, 0) is 6.54 Å². The average molecular weight is 176 g/mol.